The molecular formula is C16H13Cl2N3. The van der Waals surface area contributed by atoms with Gasteiger partial charge in [0, 0.05) is 29.0 Å². The fourth-order valence-electron chi connectivity index (χ4n) is 2.10. The highest BCUT2D eigenvalue weighted by Crippen LogP contribution is 2.24. The van der Waals surface area contributed by atoms with Crippen LogP contribution in [0.5, 0.6) is 0 Å². The van der Waals surface area contributed by atoms with Crippen molar-refractivity contribution in [2.24, 2.45) is 0 Å². The third-order valence-electron chi connectivity index (χ3n) is 3.13. The second kappa shape index (κ2) is 6.20. The fourth-order valence-corrected chi connectivity index (χ4v) is 2.48. The van der Waals surface area contributed by atoms with Crippen molar-refractivity contribution in [2.75, 3.05) is 5.32 Å². The van der Waals surface area contributed by atoms with Gasteiger partial charge in [-0.05, 0) is 42.0 Å². The smallest absolute Gasteiger partial charge is 0.0876 e. The van der Waals surface area contributed by atoms with E-state index < -0.39 is 0 Å². The highest BCUT2D eigenvalue weighted by Gasteiger charge is 2.06. The molecule has 0 fully saturated rings. The Morgan fingerprint density at radius 2 is 1.90 bits per heavy atom. The molecule has 0 spiro atoms. The summed E-state index contributed by atoms with van der Waals surface area (Å²) < 4.78 is 1.82. The Morgan fingerprint density at radius 1 is 1.05 bits per heavy atom. The molecule has 0 aliphatic heterocycles. The zero-order valence-corrected chi connectivity index (χ0v) is 12.6. The van der Waals surface area contributed by atoms with Crippen molar-refractivity contribution >= 4 is 28.9 Å². The first-order valence-corrected chi connectivity index (χ1v) is 7.26. The number of rotatable bonds is 4. The van der Waals surface area contributed by atoms with Crippen LogP contribution in [0.1, 0.15) is 5.56 Å². The minimum Gasteiger partial charge on any atom is -0.379 e. The van der Waals surface area contributed by atoms with E-state index in [0.29, 0.717) is 16.6 Å². The van der Waals surface area contributed by atoms with Crippen LogP contribution in [0.4, 0.5) is 5.69 Å². The Balaban J connectivity index is 1.84. The molecule has 0 saturated carbocycles. The first-order chi connectivity index (χ1) is 10.2. The van der Waals surface area contributed by atoms with E-state index in [-0.39, 0.29) is 0 Å². The van der Waals surface area contributed by atoms with E-state index in [1.807, 2.05) is 47.3 Å². The van der Waals surface area contributed by atoms with Gasteiger partial charge in [0.2, 0.25) is 0 Å². The zero-order chi connectivity index (χ0) is 14.7. The number of hydrogen-bond acceptors (Lipinski definition) is 2. The first-order valence-electron chi connectivity index (χ1n) is 6.51. The van der Waals surface area contributed by atoms with Crippen LogP contribution in [-0.4, -0.2) is 9.78 Å². The molecule has 3 nitrogen and oxygen atoms in total. The molecule has 0 amide bonds. The molecule has 1 N–H and O–H groups in total. The van der Waals surface area contributed by atoms with E-state index in [4.69, 9.17) is 23.2 Å². The summed E-state index contributed by atoms with van der Waals surface area (Å²) in [4.78, 5) is 0. The molecule has 0 aliphatic carbocycles. The number of nitrogens with one attached hydrogen (secondary N) is 1. The van der Waals surface area contributed by atoms with Crippen molar-refractivity contribution in [1.82, 2.24) is 9.78 Å². The van der Waals surface area contributed by atoms with Crippen LogP contribution in [0.15, 0.2) is 60.9 Å². The van der Waals surface area contributed by atoms with E-state index in [1.165, 1.54) is 0 Å². The van der Waals surface area contributed by atoms with Gasteiger partial charge >= 0.3 is 0 Å². The van der Waals surface area contributed by atoms with Crippen molar-refractivity contribution in [3.8, 4) is 5.69 Å². The fraction of sp³-hybridized carbons (Fsp3) is 0.0625. The summed E-state index contributed by atoms with van der Waals surface area (Å²) >= 11 is 12.2. The number of benzene rings is 2. The minimum absolute atomic E-state index is 0.595. The largest absolute Gasteiger partial charge is 0.379 e. The maximum atomic E-state index is 6.19. The van der Waals surface area contributed by atoms with Gasteiger partial charge in [0.15, 0.2) is 0 Å². The van der Waals surface area contributed by atoms with Gasteiger partial charge in [0.05, 0.1) is 11.4 Å². The first kappa shape index (κ1) is 14.0. The van der Waals surface area contributed by atoms with Crippen LogP contribution in [0.3, 0.4) is 0 Å². The quantitative estimate of drug-likeness (QED) is 0.749. The van der Waals surface area contributed by atoms with Crippen LogP contribution in [-0.2, 0) is 6.54 Å². The number of hydrogen-bond donors (Lipinski definition) is 1. The lowest BCUT2D eigenvalue weighted by Gasteiger charge is -2.13. The minimum atomic E-state index is 0.595. The SMILES string of the molecule is Clc1ccc(Cl)c(CNc2ccccc2-n2cccn2)c1. The molecule has 0 atom stereocenters. The van der Waals surface area contributed by atoms with E-state index in [0.717, 1.165) is 16.9 Å². The predicted molar refractivity (Wildman–Crippen MR) is 87.4 cm³/mol. The number of aromatic nitrogens is 2. The Hall–Kier alpha value is -1.97. The Kier molecular flexibility index (Phi) is 4.13. The summed E-state index contributed by atoms with van der Waals surface area (Å²) in [5.41, 5.74) is 2.93. The standard InChI is InChI=1S/C16H13Cl2N3/c17-13-6-7-14(18)12(10-13)11-19-15-4-1-2-5-16(15)21-9-3-8-20-21/h1-10,19H,11H2. The predicted octanol–water partition coefficient (Wildman–Crippen LogP) is 4.79. The molecule has 0 bridgehead atoms. The molecule has 1 aromatic heterocycles. The summed E-state index contributed by atoms with van der Waals surface area (Å²) in [6.07, 6.45) is 3.66. The van der Waals surface area contributed by atoms with Gasteiger partial charge < -0.3 is 5.32 Å². The van der Waals surface area contributed by atoms with Gasteiger partial charge in [-0.15, -0.1) is 0 Å². The highest BCUT2D eigenvalue weighted by atomic mass is 35.5. The lowest BCUT2D eigenvalue weighted by Crippen LogP contribution is -2.05. The lowest BCUT2D eigenvalue weighted by atomic mass is 10.2. The maximum absolute atomic E-state index is 6.19. The maximum Gasteiger partial charge on any atom is 0.0876 e. The van der Waals surface area contributed by atoms with Crippen molar-refractivity contribution in [3.63, 3.8) is 0 Å². The van der Waals surface area contributed by atoms with E-state index >= 15 is 0 Å². The molecule has 3 aromatic rings. The molecule has 0 unspecified atom stereocenters. The highest BCUT2D eigenvalue weighted by molar-refractivity contribution is 6.33. The Morgan fingerprint density at radius 3 is 2.71 bits per heavy atom. The number of para-hydroxylation sites is 2. The Labute approximate surface area is 133 Å². The second-order valence-electron chi connectivity index (χ2n) is 4.56. The van der Waals surface area contributed by atoms with Gasteiger partial charge in [-0.3, -0.25) is 0 Å². The summed E-state index contributed by atoms with van der Waals surface area (Å²) in [6.45, 7) is 0.595. The van der Waals surface area contributed by atoms with Crippen LogP contribution >= 0.6 is 23.2 Å². The lowest BCUT2D eigenvalue weighted by molar-refractivity contribution is 0.879. The number of halogens is 2. The van der Waals surface area contributed by atoms with Crippen LogP contribution in [0, 0.1) is 0 Å². The number of anilines is 1. The van der Waals surface area contributed by atoms with Gasteiger partial charge in [0.1, 0.15) is 0 Å². The van der Waals surface area contributed by atoms with Gasteiger partial charge in [-0.25, -0.2) is 4.68 Å². The van der Waals surface area contributed by atoms with E-state index in [1.54, 1.807) is 18.3 Å². The zero-order valence-electron chi connectivity index (χ0n) is 11.1. The molecule has 1 heterocycles. The Bertz CT molecular complexity index is 739. The molecule has 106 valence electrons. The molecule has 2 aromatic carbocycles. The topological polar surface area (TPSA) is 29.9 Å². The van der Waals surface area contributed by atoms with Gasteiger partial charge in [-0.1, -0.05) is 35.3 Å². The van der Waals surface area contributed by atoms with Crippen molar-refractivity contribution in [3.05, 3.63) is 76.5 Å². The average Bonchev–Trinajstić information content (AvgIpc) is 3.03. The normalized spacial score (nSPS) is 10.6. The summed E-state index contributed by atoms with van der Waals surface area (Å²) in [7, 11) is 0. The molecule has 5 heteroatoms. The van der Waals surface area contributed by atoms with Crippen molar-refractivity contribution < 1.29 is 0 Å². The van der Waals surface area contributed by atoms with E-state index in [2.05, 4.69) is 10.4 Å². The molecule has 21 heavy (non-hydrogen) atoms. The van der Waals surface area contributed by atoms with Gasteiger partial charge in [0.25, 0.3) is 0 Å². The third kappa shape index (κ3) is 3.20. The molecule has 0 radical (unpaired) electrons. The summed E-state index contributed by atoms with van der Waals surface area (Å²) in [5.74, 6) is 0. The monoisotopic (exact) mass is 317 g/mol. The molecule has 3 rings (SSSR count). The van der Waals surface area contributed by atoms with Crippen LogP contribution in [0.2, 0.25) is 10.0 Å². The molecular weight excluding hydrogens is 305 g/mol. The van der Waals surface area contributed by atoms with Crippen LogP contribution < -0.4 is 5.32 Å². The molecule has 0 aliphatic rings. The second-order valence-corrected chi connectivity index (χ2v) is 5.40. The average molecular weight is 318 g/mol. The van der Waals surface area contributed by atoms with E-state index in [9.17, 15) is 0 Å². The summed E-state index contributed by atoms with van der Waals surface area (Å²) in [6, 6.07) is 15.3. The van der Waals surface area contributed by atoms with Gasteiger partial charge in [-0.2, -0.15) is 5.10 Å². The van der Waals surface area contributed by atoms with Crippen LogP contribution in [0.25, 0.3) is 5.69 Å². The van der Waals surface area contributed by atoms with Crippen molar-refractivity contribution in [2.45, 2.75) is 6.54 Å². The van der Waals surface area contributed by atoms with Crippen molar-refractivity contribution in [1.29, 1.82) is 0 Å². The summed E-state index contributed by atoms with van der Waals surface area (Å²) in [5, 5.41) is 9.02. The molecule has 0 saturated heterocycles. The third-order valence-corrected chi connectivity index (χ3v) is 3.74. The number of nitrogens with zero attached hydrogens (tertiary/aromatic N) is 2.